The number of piperidine rings is 1. The summed E-state index contributed by atoms with van der Waals surface area (Å²) in [4.78, 5) is 28.8. The molecule has 0 spiro atoms. The van der Waals surface area contributed by atoms with Gasteiger partial charge in [0.1, 0.15) is 0 Å². The standard InChI is InChI=1S/C33H32F6N2O2/c34-32(35,36)25-17-21(18-26(19-25)33(37,38)39)20-40-31(43)29-8-4-7-28-27(29)10-9-24(30(28)42)13-16-41-14-11-23(12-15-41)22-5-2-1-3-6-22/h1-8,17-19,23-24H,9-16,20H2,(H,40,43). The molecule has 1 atom stereocenters. The van der Waals surface area contributed by atoms with Crippen molar-refractivity contribution in [3.8, 4) is 0 Å². The van der Waals surface area contributed by atoms with Crippen molar-refractivity contribution >= 4 is 11.7 Å². The first-order valence-electron chi connectivity index (χ1n) is 14.4. The van der Waals surface area contributed by atoms with Crippen molar-refractivity contribution in [3.63, 3.8) is 0 Å². The van der Waals surface area contributed by atoms with Gasteiger partial charge in [-0.15, -0.1) is 0 Å². The summed E-state index contributed by atoms with van der Waals surface area (Å²) >= 11 is 0. The maximum atomic E-state index is 13.4. The first kappa shape index (κ1) is 30.8. The summed E-state index contributed by atoms with van der Waals surface area (Å²) in [6, 6.07) is 16.5. The van der Waals surface area contributed by atoms with E-state index in [1.54, 1.807) is 12.1 Å². The van der Waals surface area contributed by atoms with Crippen LogP contribution >= 0.6 is 0 Å². The van der Waals surface area contributed by atoms with Crippen LogP contribution in [0.4, 0.5) is 26.3 Å². The maximum absolute atomic E-state index is 13.4. The number of Topliss-reactive ketones (excluding diaryl/α,β-unsaturated/α-hetero) is 1. The van der Waals surface area contributed by atoms with Crippen molar-refractivity contribution in [2.75, 3.05) is 19.6 Å². The molecule has 10 heteroatoms. The van der Waals surface area contributed by atoms with Crippen LogP contribution in [0.25, 0.3) is 0 Å². The van der Waals surface area contributed by atoms with Gasteiger partial charge < -0.3 is 10.2 Å². The van der Waals surface area contributed by atoms with E-state index in [4.69, 9.17) is 0 Å². The number of amides is 1. The van der Waals surface area contributed by atoms with E-state index in [1.807, 2.05) is 6.07 Å². The van der Waals surface area contributed by atoms with Crippen LogP contribution in [0.3, 0.4) is 0 Å². The van der Waals surface area contributed by atoms with Gasteiger partial charge >= 0.3 is 12.4 Å². The Balaban J connectivity index is 1.20. The van der Waals surface area contributed by atoms with Crippen molar-refractivity contribution in [3.05, 3.63) is 106 Å². The van der Waals surface area contributed by atoms with Gasteiger partial charge in [-0.05, 0) is 98.6 Å². The van der Waals surface area contributed by atoms with E-state index in [0.717, 1.165) is 32.5 Å². The molecular weight excluding hydrogens is 570 g/mol. The lowest BCUT2D eigenvalue weighted by Gasteiger charge is -2.33. The lowest BCUT2D eigenvalue weighted by molar-refractivity contribution is -0.143. The van der Waals surface area contributed by atoms with Crippen molar-refractivity contribution in [1.82, 2.24) is 10.2 Å². The molecule has 1 N–H and O–H groups in total. The number of carbonyl (C=O) groups excluding carboxylic acids is 2. The number of hydrogen-bond donors (Lipinski definition) is 1. The fraction of sp³-hybridized carbons (Fsp3) is 0.394. The molecule has 43 heavy (non-hydrogen) atoms. The number of ketones is 1. The van der Waals surface area contributed by atoms with Crippen LogP contribution in [0.2, 0.25) is 0 Å². The predicted molar refractivity (Wildman–Crippen MR) is 150 cm³/mol. The Hall–Kier alpha value is -3.66. The third-order valence-electron chi connectivity index (χ3n) is 8.55. The van der Waals surface area contributed by atoms with E-state index in [9.17, 15) is 35.9 Å². The minimum atomic E-state index is -4.98. The quantitative estimate of drug-likeness (QED) is 0.283. The highest BCUT2D eigenvalue weighted by Gasteiger charge is 2.37. The zero-order valence-corrected chi connectivity index (χ0v) is 23.4. The minimum absolute atomic E-state index is 0.0391. The number of likely N-dealkylation sites (tertiary alicyclic amines) is 1. The number of carbonyl (C=O) groups is 2. The van der Waals surface area contributed by atoms with Crippen LogP contribution in [0.15, 0.2) is 66.7 Å². The van der Waals surface area contributed by atoms with Crippen LogP contribution in [-0.4, -0.2) is 36.2 Å². The van der Waals surface area contributed by atoms with Gasteiger partial charge in [0, 0.05) is 23.6 Å². The Labute approximate surface area is 246 Å². The van der Waals surface area contributed by atoms with Crippen LogP contribution in [0.1, 0.15) is 80.1 Å². The van der Waals surface area contributed by atoms with E-state index < -0.39 is 35.9 Å². The highest BCUT2D eigenvalue weighted by molar-refractivity contribution is 6.04. The maximum Gasteiger partial charge on any atom is 0.416 e. The van der Waals surface area contributed by atoms with Gasteiger partial charge in [-0.25, -0.2) is 0 Å². The zero-order chi connectivity index (χ0) is 30.8. The highest BCUT2D eigenvalue weighted by atomic mass is 19.4. The van der Waals surface area contributed by atoms with E-state index in [2.05, 4.69) is 34.5 Å². The van der Waals surface area contributed by atoms with Gasteiger partial charge in [0.05, 0.1) is 11.1 Å². The lowest BCUT2D eigenvalue weighted by Crippen LogP contribution is -2.36. The summed E-state index contributed by atoms with van der Waals surface area (Å²) in [5, 5.41) is 2.44. The molecular formula is C33H32F6N2O2. The summed E-state index contributed by atoms with van der Waals surface area (Å²) in [5.41, 5.74) is -0.640. The van der Waals surface area contributed by atoms with Crippen molar-refractivity contribution in [2.45, 2.75) is 56.9 Å². The molecule has 0 bridgehead atoms. The number of nitrogens with one attached hydrogen (secondary N) is 1. The fourth-order valence-electron chi connectivity index (χ4n) is 6.20. The van der Waals surface area contributed by atoms with Crippen LogP contribution < -0.4 is 5.32 Å². The zero-order valence-electron chi connectivity index (χ0n) is 23.4. The molecule has 3 aromatic carbocycles. The molecule has 1 aliphatic heterocycles. The second kappa shape index (κ2) is 12.5. The Morgan fingerprint density at radius 1 is 0.837 bits per heavy atom. The number of fused-ring (bicyclic) bond motifs is 1. The Bertz CT molecular complexity index is 1430. The molecule has 4 nitrogen and oxygen atoms in total. The first-order valence-corrected chi connectivity index (χ1v) is 14.4. The average Bonchev–Trinajstić information content (AvgIpc) is 2.99. The summed E-state index contributed by atoms with van der Waals surface area (Å²) in [7, 11) is 0. The highest BCUT2D eigenvalue weighted by Crippen LogP contribution is 2.37. The van der Waals surface area contributed by atoms with E-state index in [1.165, 1.54) is 11.6 Å². The fourth-order valence-corrected chi connectivity index (χ4v) is 6.20. The Morgan fingerprint density at radius 3 is 2.12 bits per heavy atom. The van der Waals surface area contributed by atoms with Gasteiger partial charge in [-0.3, -0.25) is 9.59 Å². The number of rotatable bonds is 7. The van der Waals surface area contributed by atoms with Gasteiger partial charge in [0.15, 0.2) is 5.78 Å². The average molecular weight is 603 g/mol. The molecule has 1 heterocycles. The summed E-state index contributed by atoms with van der Waals surface area (Å²) in [6.07, 6.45) is -6.06. The van der Waals surface area contributed by atoms with Gasteiger partial charge in [-0.2, -0.15) is 26.3 Å². The molecule has 1 fully saturated rings. The van der Waals surface area contributed by atoms with Gasteiger partial charge in [-0.1, -0.05) is 42.5 Å². The third-order valence-corrected chi connectivity index (χ3v) is 8.55. The van der Waals surface area contributed by atoms with Crippen LogP contribution in [0.5, 0.6) is 0 Å². The molecule has 0 radical (unpaired) electrons. The third kappa shape index (κ3) is 7.29. The number of alkyl halides is 6. The van der Waals surface area contributed by atoms with E-state index in [0.29, 0.717) is 48.4 Å². The lowest BCUT2D eigenvalue weighted by atomic mass is 9.79. The second-order valence-electron chi connectivity index (χ2n) is 11.3. The minimum Gasteiger partial charge on any atom is -0.348 e. The molecule has 228 valence electrons. The first-order chi connectivity index (χ1) is 20.4. The number of hydrogen-bond acceptors (Lipinski definition) is 3. The second-order valence-corrected chi connectivity index (χ2v) is 11.3. The number of benzene rings is 3. The molecule has 1 unspecified atom stereocenters. The molecule has 5 rings (SSSR count). The monoisotopic (exact) mass is 602 g/mol. The number of halogens is 6. The number of nitrogens with zero attached hydrogens (tertiary/aromatic N) is 1. The molecule has 3 aromatic rings. The predicted octanol–water partition coefficient (Wildman–Crippen LogP) is 7.67. The molecule has 1 aliphatic carbocycles. The SMILES string of the molecule is O=C(NCc1cc(C(F)(F)F)cc(C(F)(F)F)c1)c1cccc2c1CCC(CCN1CCC(c3ccccc3)CC1)C2=O. The molecule has 0 saturated carbocycles. The molecule has 2 aliphatic rings. The van der Waals surface area contributed by atoms with E-state index >= 15 is 0 Å². The van der Waals surface area contributed by atoms with Crippen molar-refractivity contribution < 1.29 is 35.9 Å². The summed E-state index contributed by atoms with van der Waals surface area (Å²) in [5.74, 6) is -0.327. The van der Waals surface area contributed by atoms with Gasteiger partial charge in [0.25, 0.3) is 5.91 Å². The van der Waals surface area contributed by atoms with Crippen LogP contribution in [0, 0.1) is 5.92 Å². The Morgan fingerprint density at radius 2 is 1.49 bits per heavy atom. The topological polar surface area (TPSA) is 49.4 Å². The van der Waals surface area contributed by atoms with Crippen molar-refractivity contribution in [1.29, 1.82) is 0 Å². The summed E-state index contributed by atoms with van der Waals surface area (Å²) in [6.45, 7) is 2.22. The normalized spacial score (nSPS) is 18.4. The summed E-state index contributed by atoms with van der Waals surface area (Å²) < 4.78 is 79.2. The van der Waals surface area contributed by atoms with Gasteiger partial charge in [0.2, 0.25) is 0 Å². The Kier molecular flexibility index (Phi) is 8.96. The largest absolute Gasteiger partial charge is 0.416 e. The molecule has 1 saturated heterocycles. The smallest absolute Gasteiger partial charge is 0.348 e. The van der Waals surface area contributed by atoms with E-state index in [-0.39, 0.29) is 28.9 Å². The molecule has 0 aromatic heterocycles. The van der Waals surface area contributed by atoms with Crippen LogP contribution in [-0.2, 0) is 25.3 Å². The molecule has 1 amide bonds. The van der Waals surface area contributed by atoms with Crippen molar-refractivity contribution in [2.24, 2.45) is 5.92 Å².